The number of hydrogen-bond acceptors (Lipinski definition) is 6. The van der Waals surface area contributed by atoms with Crippen molar-refractivity contribution in [2.24, 2.45) is 0 Å². The Morgan fingerprint density at radius 2 is 0.978 bits per heavy atom. The van der Waals surface area contributed by atoms with E-state index in [0.29, 0.717) is 26.4 Å². The monoisotopic (exact) mass is 662 g/mol. The average molecular weight is 664 g/mol. The first kappa shape index (κ1) is 30.8. The predicted molar refractivity (Wildman–Crippen MR) is 185 cm³/mol. The Balaban J connectivity index is 0.000000131. The fourth-order valence-electron chi connectivity index (χ4n) is 5.15. The molecule has 3 N–H and O–H groups in total. The van der Waals surface area contributed by atoms with Crippen LogP contribution in [0.2, 0.25) is 0 Å². The van der Waals surface area contributed by atoms with Gasteiger partial charge < -0.3 is 30.0 Å². The van der Waals surface area contributed by atoms with Crippen LogP contribution in [0.15, 0.2) is 138 Å². The number of halogens is 1. The summed E-state index contributed by atoms with van der Waals surface area (Å²) in [5.74, 6) is 0. The van der Waals surface area contributed by atoms with Crippen molar-refractivity contribution in [3.8, 4) is 0 Å². The molecule has 7 heteroatoms. The number of nitrogen functional groups attached to an aromatic ring is 1. The van der Waals surface area contributed by atoms with Gasteiger partial charge in [-0.15, -0.1) is 0 Å². The molecule has 2 saturated heterocycles. The third-order valence-electron chi connectivity index (χ3n) is 7.44. The fraction of sp³-hybridized carbons (Fsp3) is 0.158. The van der Waals surface area contributed by atoms with Crippen LogP contribution in [0.4, 0.5) is 17.1 Å². The van der Waals surface area contributed by atoms with Crippen LogP contribution in [0.1, 0.15) is 23.7 Å². The summed E-state index contributed by atoms with van der Waals surface area (Å²) < 4.78 is 22.8. The molecule has 0 bridgehead atoms. The molecule has 2 aliphatic heterocycles. The largest absolute Gasteiger partial charge is 0.399 e. The standard InChI is InChI=1S/C19H17NO2.C10H7Br.C9H11NO2/c1-2-6-17-14(4-1)5-3-7-18(17)20-16-10-8-15(9-11-16)19-21-12-13-22-19;11-10-7-3-5-8-4-1-2-6-9(8)10;10-8-3-1-7(2-4-8)9-11-5-6-12-9/h1-11,19-20H,12-13H2;1-7H;1-4,9H,5-6,10H2. The number of benzene rings is 6. The summed E-state index contributed by atoms with van der Waals surface area (Å²) in [5.41, 5.74) is 10.6. The van der Waals surface area contributed by atoms with Crippen molar-refractivity contribution in [1.29, 1.82) is 0 Å². The van der Waals surface area contributed by atoms with Crippen molar-refractivity contribution in [1.82, 2.24) is 0 Å². The molecule has 0 amide bonds. The first-order valence-electron chi connectivity index (χ1n) is 14.9. The predicted octanol–water partition coefficient (Wildman–Crippen LogP) is 9.55. The highest BCUT2D eigenvalue weighted by Gasteiger charge is 2.18. The quantitative estimate of drug-likeness (QED) is 0.183. The van der Waals surface area contributed by atoms with Gasteiger partial charge in [-0.25, -0.2) is 0 Å². The molecule has 0 aromatic heterocycles. The minimum atomic E-state index is -0.216. The van der Waals surface area contributed by atoms with Gasteiger partial charge in [0, 0.05) is 38.0 Å². The maximum absolute atomic E-state index is 5.54. The van der Waals surface area contributed by atoms with Gasteiger partial charge in [-0.05, 0) is 52.6 Å². The highest BCUT2D eigenvalue weighted by Crippen LogP contribution is 2.29. The van der Waals surface area contributed by atoms with E-state index in [1.807, 2.05) is 48.5 Å². The molecule has 228 valence electrons. The van der Waals surface area contributed by atoms with Gasteiger partial charge in [-0.1, -0.05) is 113 Å². The highest BCUT2D eigenvalue weighted by molar-refractivity contribution is 9.10. The van der Waals surface area contributed by atoms with Crippen molar-refractivity contribution in [2.75, 3.05) is 37.5 Å². The summed E-state index contributed by atoms with van der Waals surface area (Å²) in [6, 6.07) is 44.9. The molecule has 6 nitrogen and oxygen atoms in total. The van der Waals surface area contributed by atoms with Crippen LogP contribution in [-0.4, -0.2) is 26.4 Å². The lowest BCUT2D eigenvalue weighted by atomic mass is 10.1. The van der Waals surface area contributed by atoms with Gasteiger partial charge in [0.25, 0.3) is 0 Å². The maximum Gasteiger partial charge on any atom is 0.184 e. The molecule has 0 aliphatic carbocycles. The zero-order valence-corrected chi connectivity index (χ0v) is 26.4. The molecule has 6 aromatic rings. The van der Waals surface area contributed by atoms with Crippen LogP contribution < -0.4 is 11.1 Å². The van der Waals surface area contributed by atoms with E-state index >= 15 is 0 Å². The normalized spacial score (nSPS) is 14.9. The molecule has 0 unspecified atom stereocenters. The van der Waals surface area contributed by atoms with Crippen molar-refractivity contribution in [3.63, 3.8) is 0 Å². The van der Waals surface area contributed by atoms with Crippen molar-refractivity contribution < 1.29 is 18.9 Å². The molecular weight excluding hydrogens is 628 g/mol. The van der Waals surface area contributed by atoms with Crippen LogP contribution in [0.5, 0.6) is 0 Å². The Labute approximate surface area is 271 Å². The Kier molecular flexibility index (Phi) is 10.4. The van der Waals surface area contributed by atoms with Crippen LogP contribution >= 0.6 is 15.9 Å². The summed E-state index contributed by atoms with van der Waals surface area (Å²) in [6.45, 7) is 2.69. The van der Waals surface area contributed by atoms with Gasteiger partial charge in [0.15, 0.2) is 12.6 Å². The van der Waals surface area contributed by atoms with E-state index in [0.717, 1.165) is 32.7 Å². The number of hydrogen-bond donors (Lipinski definition) is 2. The molecule has 2 aliphatic rings. The second-order valence-electron chi connectivity index (χ2n) is 10.5. The van der Waals surface area contributed by atoms with E-state index in [9.17, 15) is 0 Å². The number of anilines is 3. The van der Waals surface area contributed by atoms with E-state index < -0.39 is 0 Å². The van der Waals surface area contributed by atoms with E-state index in [1.165, 1.54) is 21.5 Å². The Bertz CT molecular complexity index is 1810. The smallest absolute Gasteiger partial charge is 0.184 e. The topological polar surface area (TPSA) is 75.0 Å². The minimum Gasteiger partial charge on any atom is -0.399 e. The summed E-state index contributed by atoms with van der Waals surface area (Å²) >= 11 is 3.50. The van der Waals surface area contributed by atoms with Gasteiger partial charge in [0.2, 0.25) is 0 Å². The zero-order chi connectivity index (χ0) is 30.8. The molecule has 2 heterocycles. The summed E-state index contributed by atoms with van der Waals surface area (Å²) in [5, 5.41) is 8.49. The van der Waals surface area contributed by atoms with E-state index in [4.69, 9.17) is 24.7 Å². The van der Waals surface area contributed by atoms with Gasteiger partial charge in [0.05, 0.1) is 26.4 Å². The molecule has 0 atom stereocenters. The van der Waals surface area contributed by atoms with Crippen molar-refractivity contribution in [3.05, 3.63) is 149 Å². The number of rotatable bonds is 4. The Hall–Kier alpha value is -4.24. The molecular formula is C38H35BrN2O4. The molecule has 8 rings (SSSR count). The highest BCUT2D eigenvalue weighted by atomic mass is 79.9. The lowest BCUT2D eigenvalue weighted by Crippen LogP contribution is -1.98. The summed E-state index contributed by atoms with van der Waals surface area (Å²) in [7, 11) is 0. The van der Waals surface area contributed by atoms with Crippen molar-refractivity contribution in [2.45, 2.75) is 12.6 Å². The first-order chi connectivity index (χ1) is 22.1. The van der Waals surface area contributed by atoms with Crippen LogP contribution in [-0.2, 0) is 18.9 Å². The SMILES string of the molecule is Brc1cccc2ccccc12.Nc1ccc(C2OCCO2)cc1.c1ccc2c(Nc3ccc(C4OCCO4)cc3)cccc2c1. The third kappa shape index (κ3) is 8.08. The van der Waals surface area contributed by atoms with E-state index in [1.54, 1.807) is 0 Å². The van der Waals surface area contributed by atoms with E-state index in [2.05, 4.69) is 106 Å². The van der Waals surface area contributed by atoms with Gasteiger partial charge >= 0.3 is 0 Å². The van der Waals surface area contributed by atoms with E-state index in [-0.39, 0.29) is 12.6 Å². The molecule has 6 aromatic carbocycles. The molecule has 45 heavy (non-hydrogen) atoms. The van der Waals surface area contributed by atoms with Gasteiger partial charge in [-0.3, -0.25) is 0 Å². The molecule has 0 saturated carbocycles. The van der Waals surface area contributed by atoms with Crippen molar-refractivity contribution >= 4 is 54.5 Å². The van der Waals surface area contributed by atoms with Crippen LogP contribution in [0.25, 0.3) is 21.5 Å². The second kappa shape index (κ2) is 15.2. The Morgan fingerprint density at radius 3 is 1.56 bits per heavy atom. The molecule has 0 spiro atoms. The van der Waals surface area contributed by atoms with Gasteiger partial charge in [0.1, 0.15) is 0 Å². The van der Waals surface area contributed by atoms with Gasteiger partial charge in [-0.2, -0.15) is 0 Å². The van der Waals surface area contributed by atoms with Crippen LogP contribution in [0, 0.1) is 0 Å². The zero-order valence-electron chi connectivity index (χ0n) is 24.8. The number of nitrogens with one attached hydrogen (secondary N) is 1. The summed E-state index contributed by atoms with van der Waals surface area (Å²) in [6.07, 6.45) is -0.405. The number of ether oxygens (including phenoxy) is 4. The molecule has 2 fully saturated rings. The van der Waals surface area contributed by atoms with Crippen LogP contribution in [0.3, 0.4) is 0 Å². The lowest BCUT2D eigenvalue weighted by Gasteiger charge is -2.12. The minimum absolute atomic E-state index is 0.189. The molecule has 0 radical (unpaired) electrons. The maximum atomic E-state index is 5.54. The number of nitrogens with two attached hydrogens (primary N) is 1. The first-order valence-corrected chi connectivity index (χ1v) is 15.7. The summed E-state index contributed by atoms with van der Waals surface area (Å²) in [4.78, 5) is 0. The average Bonchev–Trinajstić information content (AvgIpc) is 3.83. The Morgan fingerprint density at radius 1 is 0.511 bits per heavy atom. The lowest BCUT2D eigenvalue weighted by molar-refractivity contribution is -0.0443. The number of fused-ring (bicyclic) bond motifs is 2. The second-order valence-corrected chi connectivity index (χ2v) is 11.4. The third-order valence-corrected chi connectivity index (χ3v) is 8.13. The fourth-order valence-corrected chi connectivity index (χ4v) is 5.67.